The molecule has 0 saturated carbocycles. The lowest BCUT2D eigenvalue weighted by atomic mass is 10.3. The fraction of sp³-hybridized carbons (Fsp3) is 0.250. The summed E-state index contributed by atoms with van der Waals surface area (Å²) in [7, 11) is 0. The molecule has 76 valence electrons. The van der Waals surface area contributed by atoms with Gasteiger partial charge in [-0.05, 0) is 19.1 Å². The van der Waals surface area contributed by atoms with Crippen LogP contribution in [0.1, 0.15) is 13.3 Å². The van der Waals surface area contributed by atoms with Crippen LogP contribution >= 0.6 is 0 Å². The Labute approximate surface area is 88.5 Å². The molecule has 2 heterocycles. The van der Waals surface area contributed by atoms with Gasteiger partial charge in [-0.15, -0.1) is 11.8 Å². The highest BCUT2D eigenvalue weighted by atomic mass is 16.3. The van der Waals surface area contributed by atoms with Crippen LogP contribution in [0.4, 0.5) is 5.82 Å². The maximum absolute atomic E-state index is 5.28. The summed E-state index contributed by atoms with van der Waals surface area (Å²) in [5.74, 6) is 6.71. The first kappa shape index (κ1) is 9.60. The van der Waals surface area contributed by atoms with Crippen LogP contribution in [0.5, 0.6) is 0 Å². The van der Waals surface area contributed by atoms with Crippen LogP contribution in [-0.2, 0) is 0 Å². The highest BCUT2D eigenvalue weighted by Gasteiger charge is 2.02. The molecule has 2 aromatic heterocycles. The molecule has 0 saturated heterocycles. The third-order valence-electron chi connectivity index (χ3n) is 2.10. The van der Waals surface area contributed by atoms with Crippen LogP contribution in [-0.4, -0.2) is 11.5 Å². The van der Waals surface area contributed by atoms with E-state index in [4.69, 9.17) is 4.42 Å². The van der Waals surface area contributed by atoms with Crippen molar-refractivity contribution >= 4 is 16.8 Å². The summed E-state index contributed by atoms with van der Waals surface area (Å²) in [6.07, 6.45) is 4.23. The summed E-state index contributed by atoms with van der Waals surface area (Å²) in [6.45, 7) is 2.65. The lowest BCUT2D eigenvalue weighted by Crippen LogP contribution is -2.02. The molecule has 0 bridgehead atoms. The van der Waals surface area contributed by atoms with Gasteiger partial charge in [0.2, 0.25) is 0 Å². The van der Waals surface area contributed by atoms with Crippen molar-refractivity contribution in [3.63, 3.8) is 0 Å². The highest BCUT2D eigenvalue weighted by Crippen LogP contribution is 2.21. The first-order chi connectivity index (χ1) is 7.42. The van der Waals surface area contributed by atoms with Crippen LogP contribution in [0.25, 0.3) is 11.0 Å². The second kappa shape index (κ2) is 4.52. The summed E-state index contributed by atoms with van der Waals surface area (Å²) >= 11 is 0. The van der Waals surface area contributed by atoms with Gasteiger partial charge in [-0.2, -0.15) is 0 Å². The van der Waals surface area contributed by atoms with E-state index in [9.17, 15) is 0 Å². The molecule has 15 heavy (non-hydrogen) atoms. The van der Waals surface area contributed by atoms with Crippen molar-refractivity contribution in [2.24, 2.45) is 0 Å². The predicted molar refractivity (Wildman–Crippen MR) is 60.6 cm³/mol. The maximum Gasteiger partial charge on any atom is 0.139 e. The Hall–Kier alpha value is -1.95. The minimum absolute atomic E-state index is 0.804. The van der Waals surface area contributed by atoms with Gasteiger partial charge in [-0.3, -0.25) is 0 Å². The number of aromatic nitrogens is 1. The van der Waals surface area contributed by atoms with Crippen molar-refractivity contribution in [3.8, 4) is 11.8 Å². The summed E-state index contributed by atoms with van der Waals surface area (Å²) in [5, 5.41) is 4.25. The average molecular weight is 200 g/mol. The molecular weight excluding hydrogens is 188 g/mol. The molecule has 0 spiro atoms. The Bertz CT molecular complexity index is 505. The molecule has 0 atom stereocenters. The van der Waals surface area contributed by atoms with Gasteiger partial charge >= 0.3 is 0 Å². The summed E-state index contributed by atoms with van der Waals surface area (Å²) in [6, 6.07) is 3.77. The number of furan rings is 1. The Kier molecular flexibility index (Phi) is 2.89. The topological polar surface area (TPSA) is 38.1 Å². The summed E-state index contributed by atoms with van der Waals surface area (Å²) in [4.78, 5) is 4.26. The van der Waals surface area contributed by atoms with E-state index in [0.717, 1.165) is 29.8 Å². The molecule has 0 aliphatic rings. The normalized spacial score (nSPS) is 9.67. The fourth-order valence-corrected chi connectivity index (χ4v) is 1.40. The lowest BCUT2D eigenvalue weighted by molar-refractivity contribution is 0.615. The molecule has 0 aliphatic heterocycles. The Morgan fingerprint density at radius 1 is 1.47 bits per heavy atom. The predicted octanol–water partition coefficient (Wildman–Crippen LogP) is 2.65. The minimum atomic E-state index is 0.804. The van der Waals surface area contributed by atoms with Crippen molar-refractivity contribution in [2.45, 2.75) is 13.3 Å². The maximum atomic E-state index is 5.28. The summed E-state index contributed by atoms with van der Waals surface area (Å²) < 4.78 is 5.28. The van der Waals surface area contributed by atoms with Gasteiger partial charge in [0.05, 0.1) is 11.6 Å². The van der Waals surface area contributed by atoms with Gasteiger partial charge in [-0.25, -0.2) is 4.98 Å². The number of rotatable bonds is 3. The largest absolute Gasteiger partial charge is 0.464 e. The average Bonchev–Trinajstić information content (AvgIpc) is 2.73. The molecule has 0 fully saturated rings. The van der Waals surface area contributed by atoms with E-state index in [0.29, 0.717) is 0 Å². The van der Waals surface area contributed by atoms with E-state index in [-0.39, 0.29) is 0 Å². The molecule has 0 aromatic carbocycles. The molecule has 0 radical (unpaired) electrons. The molecule has 2 rings (SSSR count). The number of nitrogens with one attached hydrogen (secondary N) is 1. The standard InChI is InChI=1S/C12H12N2O/c1-2-3-4-7-13-12-10-6-9-15-11(10)5-8-14-12/h5-6,8-9H,4,7H2,1H3,(H,13,14). The van der Waals surface area contributed by atoms with Crippen LogP contribution < -0.4 is 5.32 Å². The van der Waals surface area contributed by atoms with E-state index in [2.05, 4.69) is 22.1 Å². The second-order valence-corrected chi connectivity index (χ2v) is 3.10. The molecule has 3 nitrogen and oxygen atoms in total. The number of hydrogen-bond donors (Lipinski definition) is 1. The molecule has 0 unspecified atom stereocenters. The number of anilines is 1. The van der Waals surface area contributed by atoms with E-state index in [1.807, 2.05) is 19.1 Å². The number of pyridine rings is 1. The van der Waals surface area contributed by atoms with Gasteiger partial charge in [0, 0.05) is 19.2 Å². The van der Waals surface area contributed by atoms with Gasteiger partial charge in [0.25, 0.3) is 0 Å². The van der Waals surface area contributed by atoms with Crippen LogP contribution in [0.15, 0.2) is 29.0 Å². The molecule has 0 amide bonds. The van der Waals surface area contributed by atoms with Crippen LogP contribution in [0.3, 0.4) is 0 Å². The molecule has 0 aliphatic carbocycles. The zero-order valence-corrected chi connectivity index (χ0v) is 8.58. The second-order valence-electron chi connectivity index (χ2n) is 3.10. The van der Waals surface area contributed by atoms with E-state index >= 15 is 0 Å². The van der Waals surface area contributed by atoms with E-state index in [1.165, 1.54) is 0 Å². The van der Waals surface area contributed by atoms with Crippen molar-refractivity contribution < 1.29 is 4.42 Å². The fourth-order valence-electron chi connectivity index (χ4n) is 1.40. The Morgan fingerprint density at radius 2 is 2.40 bits per heavy atom. The third kappa shape index (κ3) is 2.10. The molecule has 1 N–H and O–H groups in total. The van der Waals surface area contributed by atoms with Gasteiger partial charge in [-0.1, -0.05) is 0 Å². The van der Waals surface area contributed by atoms with Gasteiger partial charge in [0.15, 0.2) is 0 Å². The zero-order valence-electron chi connectivity index (χ0n) is 8.58. The van der Waals surface area contributed by atoms with Crippen molar-refractivity contribution in [1.29, 1.82) is 0 Å². The smallest absolute Gasteiger partial charge is 0.139 e. The van der Waals surface area contributed by atoms with Crippen molar-refractivity contribution in [3.05, 3.63) is 24.6 Å². The van der Waals surface area contributed by atoms with Crippen LogP contribution in [0, 0.1) is 11.8 Å². The number of hydrogen-bond acceptors (Lipinski definition) is 3. The van der Waals surface area contributed by atoms with Gasteiger partial charge in [0.1, 0.15) is 11.4 Å². The zero-order chi connectivity index (χ0) is 10.5. The van der Waals surface area contributed by atoms with E-state index in [1.54, 1.807) is 12.5 Å². The number of nitrogens with zero attached hydrogens (tertiary/aromatic N) is 1. The van der Waals surface area contributed by atoms with Crippen molar-refractivity contribution in [1.82, 2.24) is 4.98 Å². The summed E-state index contributed by atoms with van der Waals surface area (Å²) in [5.41, 5.74) is 0.856. The monoisotopic (exact) mass is 200 g/mol. The first-order valence-corrected chi connectivity index (χ1v) is 4.87. The lowest BCUT2D eigenvalue weighted by Gasteiger charge is -2.03. The minimum Gasteiger partial charge on any atom is -0.464 e. The van der Waals surface area contributed by atoms with Gasteiger partial charge < -0.3 is 9.73 Å². The quantitative estimate of drug-likeness (QED) is 0.611. The molecule has 3 heteroatoms. The highest BCUT2D eigenvalue weighted by molar-refractivity contribution is 5.87. The SMILES string of the molecule is CC#CCCNc1nccc2occc12. The Morgan fingerprint density at radius 3 is 3.27 bits per heavy atom. The Balaban J connectivity index is 2.12. The third-order valence-corrected chi connectivity index (χ3v) is 2.10. The van der Waals surface area contributed by atoms with Crippen LogP contribution in [0.2, 0.25) is 0 Å². The first-order valence-electron chi connectivity index (χ1n) is 4.87. The molecule has 2 aromatic rings. The van der Waals surface area contributed by atoms with Crippen molar-refractivity contribution in [2.75, 3.05) is 11.9 Å². The van der Waals surface area contributed by atoms with E-state index < -0.39 is 0 Å². The molecular formula is C12H12N2O. The number of fused-ring (bicyclic) bond motifs is 1.